The summed E-state index contributed by atoms with van der Waals surface area (Å²) in [5.74, 6) is -3.49. The number of aromatic nitrogens is 3. The van der Waals surface area contributed by atoms with Gasteiger partial charge in [0.2, 0.25) is 11.9 Å². The van der Waals surface area contributed by atoms with Crippen molar-refractivity contribution in [3.8, 4) is 11.1 Å². The minimum Gasteiger partial charge on any atom is -0.481 e. The first-order chi connectivity index (χ1) is 17.9. The van der Waals surface area contributed by atoms with E-state index in [-0.39, 0.29) is 39.5 Å². The van der Waals surface area contributed by atoms with Crippen LogP contribution >= 0.6 is 35.3 Å². The van der Waals surface area contributed by atoms with Crippen LogP contribution in [-0.4, -0.2) is 53.8 Å². The minimum atomic E-state index is -4.83. The largest absolute Gasteiger partial charge is 0.481 e. The Hall–Kier alpha value is -3.63. The van der Waals surface area contributed by atoms with Gasteiger partial charge in [-0.15, -0.1) is 16.4 Å². The number of carboxylic acid groups (broad SMARTS) is 1. The predicted octanol–water partition coefficient (Wildman–Crippen LogP) is 4.55. The van der Waals surface area contributed by atoms with Crippen molar-refractivity contribution < 1.29 is 37.1 Å². The number of thiocarbonyl (C=S) groups is 1. The molecule has 1 aliphatic rings. The number of nitrogens with one attached hydrogen (secondary N) is 2. The van der Waals surface area contributed by atoms with Gasteiger partial charge in [-0.25, -0.2) is 4.39 Å². The molecule has 2 amide bonds. The number of carboxylic acids is 1. The van der Waals surface area contributed by atoms with Crippen LogP contribution in [0.4, 0.5) is 23.5 Å². The van der Waals surface area contributed by atoms with Crippen LogP contribution in [0.15, 0.2) is 34.6 Å². The number of alkyl halides is 3. The summed E-state index contributed by atoms with van der Waals surface area (Å²) in [5.41, 5.74) is -0.761. The quantitative estimate of drug-likeness (QED) is 0.200. The van der Waals surface area contributed by atoms with E-state index in [9.17, 15) is 31.9 Å². The van der Waals surface area contributed by atoms with Gasteiger partial charge in [0.15, 0.2) is 0 Å². The summed E-state index contributed by atoms with van der Waals surface area (Å²) >= 11 is 7.45. The number of hydrogen-bond donors (Lipinski definition) is 3. The summed E-state index contributed by atoms with van der Waals surface area (Å²) in [4.78, 5) is 41.7. The monoisotopic (exact) mass is 585 g/mol. The number of carbonyl (C=O) groups excluding carboxylic acids is 2. The summed E-state index contributed by atoms with van der Waals surface area (Å²) < 4.78 is 53.0. The molecule has 3 N–H and O–H groups in total. The van der Waals surface area contributed by atoms with Crippen molar-refractivity contribution in [2.24, 2.45) is 0 Å². The van der Waals surface area contributed by atoms with Crippen LogP contribution in [0.1, 0.15) is 22.7 Å². The average molecular weight is 586 g/mol. The highest BCUT2D eigenvalue weighted by Crippen LogP contribution is 2.37. The maximum absolute atomic E-state index is 13.6. The Bertz CT molecular complexity index is 1470. The Kier molecular flexibility index (Phi) is 7.94. The first kappa shape index (κ1) is 27.4. The van der Waals surface area contributed by atoms with Gasteiger partial charge >= 0.3 is 12.1 Å². The fraction of sp³-hybridized carbons (Fsp3) is 0.182. The van der Waals surface area contributed by atoms with Crippen molar-refractivity contribution >= 4 is 69.4 Å². The number of aromatic amines is 1. The summed E-state index contributed by atoms with van der Waals surface area (Å²) in [6, 6.07) is 4.31. The van der Waals surface area contributed by atoms with E-state index in [4.69, 9.17) is 17.3 Å². The molecule has 0 radical (unpaired) electrons. The van der Waals surface area contributed by atoms with Gasteiger partial charge in [0.25, 0.3) is 5.91 Å². The van der Waals surface area contributed by atoms with Crippen LogP contribution < -0.4 is 5.32 Å². The summed E-state index contributed by atoms with van der Waals surface area (Å²) in [5, 5.41) is 18.8. The molecule has 2 aromatic heterocycles. The number of H-pyrrole nitrogens is 1. The van der Waals surface area contributed by atoms with Crippen LogP contribution in [0.25, 0.3) is 17.2 Å². The molecule has 0 unspecified atom stereocenters. The Morgan fingerprint density at radius 3 is 2.71 bits per heavy atom. The number of benzene rings is 1. The Morgan fingerprint density at radius 2 is 2.00 bits per heavy atom. The SMILES string of the molecule is O=C(O)Cc1nc(NC(=O)CCN2C(=O)/C(=C/c3cc(-c4ccc(F)c(C(F)(F)F)c4)cs3)SC2=S)n[nH]1. The highest BCUT2D eigenvalue weighted by Gasteiger charge is 2.35. The van der Waals surface area contributed by atoms with Crippen molar-refractivity contribution in [3.05, 3.63) is 56.6 Å². The molecule has 4 rings (SSSR count). The van der Waals surface area contributed by atoms with Crippen molar-refractivity contribution in [1.82, 2.24) is 20.1 Å². The molecular weight excluding hydrogens is 570 g/mol. The Morgan fingerprint density at radius 1 is 1.24 bits per heavy atom. The molecule has 38 heavy (non-hydrogen) atoms. The van der Waals surface area contributed by atoms with Gasteiger partial charge in [-0.2, -0.15) is 18.2 Å². The zero-order valence-electron chi connectivity index (χ0n) is 18.8. The van der Waals surface area contributed by atoms with E-state index < -0.39 is 41.8 Å². The van der Waals surface area contributed by atoms with Gasteiger partial charge in [-0.3, -0.25) is 29.7 Å². The second-order valence-electron chi connectivity index (χ2n) is 7.74. The van der Waals surface area contributed by atoms with Crippen LogP contribution in [0.3, 0.4) is 0 Å². The van der Waals surface area contributed by atoms with Crippen molar-refractivity contribution in [2.45, 2.75) is 19.0 Å². The average Bonchev–Trinajstić information content (AvgIpc) is 3.53. The van der Waals surface area contributed by atoms with E-state index in [1.807, 2.05) is 0 Å². The Balaban J connectivity index is 1.39. The third-order valence-electron chi connectivity index (χ3n) is 5.04. The summed E-state index contributed by atoms with van der Waals surface area (Å²) in [6.45, 7) is -0.0360. The number of rotatable bonds is 8. The van der Waals surface area contributed by atoms with Gasteiger partial charge in [0, 0.05) is 17.8 Å². The topological polar surface area (TPSA) is 128 Å². The molecule has 198 valence electrons. The zero-order chi connectivity index (χ0) is 27.6. The minimum absolute atomic E-state index is 0.0360. The van der Waals surface area contributed by atoms with E-state index >= 15 is 0 Å². The number of amides is 2. The first-order valence-electron chi connectivity index (χ1n) is 10.5. The lowest BCUT2D eigenvalue weighted by molar-refractivity contribution is -0.140. The van der Waals surface area contributed by atoms with E-state index in [0.29, 0.717) is 10.4 Å². The third-order valence-corrected chi connectivity index (χ3v) is 7.29. The standard InChI is InChI=1S/C22H15F4N5O4S3/c23-14-2-1-10(6-13(14)22(24,25)26)11-5-12(37-9-11)7-15-19(35)31(21(36)38-15)4-3-17(32)28-20-27-16(29-30-20)8-18(33)34/h1-2,5-7,9H,3-4,8H2,(H,33,34)(H2,27,28,29,30,32)/b15-7-. The second kappa shape index (κ2) is 11.0. The van der Waals surface area contributed by atoms with Crippen molar-refractivity contribution in [3.63, 3.8) is 0 Å². The number of anilines is 1. The smallest absolute Gasteiger partial charge is 0.419 e. The number of hydrogen-bond acceptors (Lipinski definition) is 8. The molecule has 9 nitrogen and oxygen atoms in total. The maximum atomic E-state index is 13.6. The van der Waals surface area contributed by atoms with Gasteiger partial charge in [-0.1, -0.05) is 30.0 Å². The van der Waals surface area contributed by atoms with Crippen LogP contribution in [0.5, 0.6) is 0 Å². The van der Waals surface area contributed by atoms with E-state index in [1.54, 1.807) is 17.5 Å². The highest BCUT2D eigenvalue weighted by molar-refractivity contribution is 8.26. The highest BCUT2D eigenvalue weighted by atomic mass is 32.2. The molecule has 0 bridgehead atoms. The van der Waals surface area contributed by atoms with Crippen LogP contribution in [-0.2, 0) is 27.0 Å². The number of nitrogens with zero attached hydrogens (tertiary/aromatic N) is 3. The van der Waals surface area contributed by atoms with Crippen molar-refractivity contribution in [2.75, 3.05) is 11.9 Å². The molecule has 16 heteroatoms. The molecule has 0 atom stereocenters. The molecule has 0 spiro atoms. The summed E-state index contributed by atoms with van der Waals surface area (Å²) in [7, 11) is 0. The predicted molar refractivity (Wildman–Crippen MR) is 136 cm³/mol. The van der Waals surface area contributed by atoms with Crippen LogP contribution in [0, 0.1) is 5.82 Å². The number of thioether (sulfide) groups is 1. The van der Waals surface area contributed by atoms with Gasteiger partial charge in [0.05, 0.1) is 10.5 Å². The molecule has 0 saturated carbocycles. The third kappa shape index (κ3) is 6.43. The number of halogens is 4. The lowest BCUT2D eigenvalue weighted by Gasteiger charge is -2.13. The van der Waals surface area contributed by atoms with E-state index in [0.717, 1.165) is 23.9 Å². The maximum Gasteiger partial charge on any atom is 0.419 e. The number of thiophene rings is 1. The van der Waals surface area contributed by atoms with Gasteiger partial charge < -0.3 is 5.11 Å². The Labute approximate surface area is 224 Å². The normalized spacial score (nSPS) is 14.9. The fourth-order valence-electron chi connectivity index (χ4n) is 3.30. The molecule has 1 fully saturated rings. The van der Waals surface area contributed by atoms with Crippen molar-refractivity contribution in [1.29, 1.82) is 0 Å². The molecule has 0 aliphatic carbocycles. The first-order valence-corrected chi connectivity index (χ1v) is 12.6. The van der Waals surface area contributed by atoms with Gasteiger partial charge in [0.1, 0.15) is 22.4 Å². The van der Waals surface area contributed by atoms with E-state index in [1.165, 1.54) is 22.3 Å². The van der Waals surface area contributed by atoms with E-state index in [2.05, 4.69) is 20.5 Å². The lowest BCUT2D eigenvalue weighted by atomic mass is 10.0. The molecule has 3 aromatic rings. The number of aliphatic carboxylic acids is 1. The molecule has 1 aromatic carbocycles. The van der Waals surface area contributed by atoms with Gasteiger partial charge in [-0.05, 0) is 40.8 Å². The number of carbonyl (C=O) groups is 3. The zero-order valence-corrected chi connectivity index (χ0v) is 21.3. The molecular formula is C22H15F4N5O4S3. The second-order valence-corrected chi connectivity index (χ2v) is 10.4. The molecule has 1 aliphatic heterocycles. The molecule has 3 heterocycles. The fourth-order valence-corrected chi connectivity index (χ4v) is 5.52. The summed E-state index contributed by atoms with van der Waals surface area (Å²) in [6.07, 6.45) is -3.82. The van der Waals surface area contributed by atoms with Crippen LogP contribution in [0.2, 0.25) is 0 Å². The lowest BCUT2D eigenvalue weighted by Crippen LogP contribution is -2.31. The molecule has 1 saturated heterocycles.